The number of rotatable bonds is 4. The Kier molecular flexibility index (Phi) is 5.47. The second-order valence-electron chi connectivity index (χ2n) is 6.49. The maximum absolute atomic E-state index is 12.7. The van der Waals surface area contributed by atoms with Gasteiger partial charge in [0, 0.05) is 6.54 Å². The summed E-state index contributed by atoms with van der Waals surface area (Å²) in [4.78, 5) is 14.7. The number of carbonyl (C=O) groups is 1. The molecule has 0 radical (unpaired) electrons. The molecule has 1 saturated heterocycles. The Morgan fingerprint density at radius 3 is 3.00 bits per heavy atom. The minimum absolute atomic E-state index is 0.104. The van der Waals surface area contributed by atoms with Gasteiger partial charge in [0.05, 0.1) is 35.1 Å². The van der Waals surface area contributed by atoms with Gasteiger partial charge in [0.1, 0.15) is 0 Å². The third kappa shape index (κ3) is 3.75. The number of carbonyl (C=O) groups excluding carboxylic acids is 1. The lowest BCUT2D eigenvalue weighted by atomic mass is 9.90. The van der Waals surface area contributed by atoms with Gasteiger partial charge in [0.25, 0.3) is 5.22 Å². The molecule has 0 bridgehead atoms. The summed E-state index contributed by atoms with van der Waals surface area (Å²) < 4.78 is 11.5. The summed E-state index contributed by atoms with van der Waals surface area (Å²) in [6.07, 6.45) is 4.61. The lowest BCUT2D eigenvalue weighted by molar-refractivity contribution is -0.146. The van der Waals surface area contributed by atoms with Crippen LogP contribution in [0.4, 0.5) is 0 Å². The summed E-state index contributed by atoms with van der Waals surface area (Å²) in [5.41, 5.74) is 0.693. The minimum atomic E-state index is 0.104. The highest BCUT2D eigenvalue weighted by molar-refractivity contribution is 7.99. The lowest BCUT2D eigenvalue weighted by Crippen LogP contribution is -2.55. The van der Waals surface area contributed by atoms with Crippen molar-refractivity contribution in [3.05, 3.63) is 29.3 Å². The van der Waals surface area contributed by atoms with Gasteiger partial charge in [0.15, 0.2) is 0 Å². The summed E-state index contributed by atoms with van der Waals surface area (Å²) in [5.74, 6) is 0.755. The normalized spacial score (nSPS) is 22.9. The molecule has 2 atom stereocenters. The van der Waals surface area contributed by atoms with Crippen molar-refractivity contribution < 1.29 is 13.9 Å². The predicted octanol–water partition coefficient (Wildman–Crippen LogP) is 3.65. The topological polar surface area (TPSA) is 68.5 Å². The largest absolute Gasteiger partial charge is 0.411 e. The van der Waals surface area contributed by atoms with Crippen LogP contribution >= 0.6 is 23.4 Å². The molecule has 1 aromatic carbocycles. The summed E-state index contributed by atoms with van der Waals surface area (Å²) in [5, 5.41) is 8.99. The monoisotopic (exact) mass is 393 g/mol. The molecule has 4 rings (SSSR count). The molecule has 2 aromatic rings. The van der Waals surface area contributed by atoms with Gasteiger partial charge in [-0.25, -0.2) is 0 Å². The summed E-state index contributed by atoms with van der Waals surface area (Å²) in [6, 6.07) is 7.52. The van der Waals surface area contributed by atoms with Gasteiger partial charge in [-0.1, -0.05) is 48.3 Å². The first-order valence-corrected chi connectivity index (χ1v) is 10.2. The third-order valence-electron chi connectivity index (χ3n) is 4.88. The average molecular weight is 394 g/mol. The Balaban J connectivity index is 1.38. The van der Waals surface area contributed by atoms with Crippen LogP contribution in [0.15, 0.2) is 33.9 Å². The number of hydrogen-bond acceptors (Lipinski definition) is 6. The minimum Gasteiger partial charge on any atom is -0.411 e. The highest BCUT2D eigenvalue weighted by atomic mass is 35.5. The quantitative estimate of drug-likeness (QED) is 0.738. The fraction of sp³-hybridized carbons (Fsp3) is 0.500. The molecular formula is C18H20ClN3O3S. The third-order valence-corrected chi connectivity index (χ3v) is 6.02. The fourth-order valence-corrected chi connectivity index (χ4v) is 4.49. The molecule has 1 aliphatic carbocycles. The van der Waals surface area contributed by atoms with E-state index in [-0.39, 0.29) is 23.8 Å². The average Bonchev–Trinajstić information content (AvgIpc) is 3.15. The molecule has 1 aliphatic heterocycles. The van der Waals surface area contributed by atoms with Crippen molar-refractivity contribution in [2.24, 2.45) is 0 Å². The van der Waals surface area contributed by atoms with E-state index < -0.39 is 0 Å². The first kappa shape index (κ1) is 17.8. The van der Waals surface area contributed by atoms with Crippen LogP contribution in [0.3, 0.4) is 0 Å². The Morgan fingerprint density at radius 2 is 2.12 bits per heavy atom. The Hall–Kier alpha value is -1.57. The zero-order valence-electron chi connectivity index (χ0n) is 14.3. The van der Waals surface area contributed by atoms with E-state index in [0.717, 1.165) is 19.3 Å². The van der Waals surface area contributed by atoms with Gasteiger partial charge in [-0.3, -0.25) is 4.79 Å². The van der Waals surface area contributed by atoms with E-state index in [9.17, 15) is 4.79 Å². The van der Waals surface area contributed by atoms with Crippen molar-refractivity contribution in [2.75, 3.05) is 18.9 Å². The van der Waals surface area contributed by atoms with Crippen LogP contribution in [0, 0.1) is 0 Å². The van der Waals surface area contributed by atoms with Crippen LogP contribution in [0.5, 0.6) is 0 Å². The van der Waals surface area contributed by atoms with E-state index in [2.05, 4.69) is 10.2 Å². The molecule has 8 heteroatoms. The molecule has 1 amide bonds. The van der Waals surface area contributed by atoms with E-state index >= 15 is 0 Å². The second kappa shape index (κ2) is 7.98. The predicted molar refractivity (Wildman–Crippen MR) is 99.2 cm³/mol. The lowest BCUT2D eigenvalue weighted by Gasteiger charge is -2.43. The molecule has 0 N–H and O–H groups in total. The highest BCUT2D eigenvalue weighted by Crippen LogP contribution is 2.31. The van der Waals surface area contributed by atoms with Crippen molar-refractivity contribution in [1.82, 2.24) is 15.1 Å². The maximum Gasteiger partial charge on any atom is 0.277 e. The van der Waals surface area contributed by atoms with Gasteiger partial charge in [-0.15, -0.1) is 10.2 Å². The number of nitrogens with zero attached hydrogens (tertiary/aromatic N) is 3. The number of hydrogen-bond donors (Lipinski definition) is 0. The van der Waals surface area contributed by atoms with E-state index in [1.165, 1.54) is 18.2 Å². The summed E-state index contributed by atoms with van der Waals surface area (Å²) in [7, 11) is 0. The molecule has 1 aromatic heterocycles. The number of ether oxygens (including phenoxy) is 1. The van der Waals surface area contributed by atoms with Crippen molar-refractivity contribution in [3.63, 3.8) is 0 Å². The van der Waals surface area contributed by atoms with Crippen molar-refractivity contribution in [3.8, 4) is 11.5 Å². The standard InChI is InChI=1S/C18H20ClN3O3S/c19-13-6-2-1-5-12(13)17-20-21-18(25-17)26-11-16(23)22-9-10-24-15-8-4-3-7-14(15)22/h1-2,5-6,14-15H,3-4,7-11H2. The summed E-state index contributed by atoms with van der Waals surface area (Å²) >= 11 is 7.42. The zero-order valence-corrected chi connectivity index (χ0v) is 15.8. The van der Waals surface area contributed by atoms with Crippen LogP contribution in [0.1, 0.15) is 25.7 Å². The molecular weight excluding hydrogens is 374 g/mol. The van der Waals surface area contributed by atoms with E-state index in [1.54, 1.807) is 6.07 Å². The van der Waals surface area contributed by atoms with E-state index in [0.29, 0.717) is 34.9 Å². The number of morpholine rings is 1. The maximum atomic E-state index is 12.7. The molecule has 2 unspecified atom stereocenters. The van der Waals surface area contributed by atoms with Crippen molar-refractivity contribution >= 4 is 29.3 Å². The van der Waals surface area contributed by atoms with E-state index in [4.69, 9.17) is 20.8 Å². The number of aromatic nitrogens is 2. The van der Waals surface area contributed by atoms with E-state index in [1.807, 2.05) is 23.1 Å². The van der Waals surface area contributed by atoms with Crippen LogP contribution in [0.25, 0.3) is 11.5 Å². The van der Waals surface area contributed by atoms with Gasteiger partial charge in [0.2, 0.25) is 11.8 Å². The molecule has 2 fully saturated rings. The number of amides is 1. The summed E-state index contributed by atoms with van der Waals surface area (Å²) in [6.45, 7) is 1.28. The fourth-order valence-electron chi connectivity index (χ4n) is 3.62. The van der Waals surface area contributed by atoms with Crippen LogP contribution in [-0.4, -0.2) is 52.1 Å². The molecule has 2 aliphatic rings. The molecule has 2 heterocycles. The molecule has 26 heavy (non-hydrogen) atoms. The molecule has 1 saturated carbocycles. The SMILES string of the molecule is O=C(CSc1nnc(-c2ccccc2Cl)o1)N1CCOC2CCCCC21. The zero-order chi connectivity index (χ0) is 17.9. The highest BCUT2D eigenvalue weighted by Gasteiger charge is 2.36. The van der Waals surface area contributed by atoms with Crippen molar-refractivity contribution in [1.29, 1.82) is 0 Å². The van der Waals surface area contributed by atoms with Crippen LogP contribution in [0.2, 0.25) is 5.02 Å². The smallest absolute Gasteiger partial charge is 0.277 e. The van der Waals surface area contributed by atoms with Gasteiger partial charge >= 0.3 is 0 Å². The van der Waals surface area contributed by atoms with Crippen molar-refractivity contribution in [2.45, 2.75) is 43.1 Å². The Bertz CT molecular complexity index is 783. The van der Waals surface area contributed by atoms with Gasteiger partial charge in [-0.05, 0) is 25.0 Å². The number of benzene rings is 1. The number of thioether (sulfide) groups is 1. The first-order chi connectivity index (χ1) is 12.7. The van der Waals surface area contributed by atoms with Gasteiger partial charge in [-0.2, -0.15) is 0 Å². The van der Waals surface area contributed by atoms with Gasteiger partial charge < -0.3 is 14.1 Å². The number of halogens is 1. The Labute approximate surface area is 161 Å². The molecule has 0 spiro atoms. The van der Waals surface area contributed by atoms with Crippen LogP contribution in [-0.2, 0) is 9.53 Å². The molecule has 138 valence electrons. The molecule has 6 nitrogen and oxygen atoms in total. The van der Waals surface area contributed by atoms with Crippen LogP contribution < -0.4 is 0 Å². The number of fused-ring (bicyclic) bond motifs is 1. The second-order valence-corrected chi connectivity index (χ2v) is 7.82. The Morgan fingerprint density at radius 1 is 1.27 bits per heavy atom. The first-order valence-electron chi connectivity index (χ1n) is 8.84.